The van der Waals surface area contributed by atoms with Gasteiger partial charge < -0.3 is 19.9 Å². The second-order valence-electron chi connectivity index (χ2n) is 10.7. The number of aryl methyl sites for hydroxylation is 1. The summed E-state index contributed by atoms with van der Waals surface area (Å²) >= 11 is 0. The van der Waals surface area contributed by atoms with Gasteiger partial charge in [0.15, 0.2) is 0 Å². The fourth-order valence-corrected chi connectivity index (χ4v) is 4.60. The molecule has 2 N–H and O–H groups in total. The lowest BCUT2D eigenvalue weighted by atomic mass is 9.93. The van der Waals surface area contributed by atoms with Crippen LogP contribution in [0.2, 0.25) is 0 Å². The van der Waals surface area contributed by atoms with Gasteiger partial charge in [-0.25, -0.2) is 9.97 Å². The molecule has 8 heteroatoms. The van der Waals surface area contributed by atoms with Gasteiger partial charge in [-0.05, 0) is 54.9 Å². The molecule has 8 nitrogen and oxygen atoms in total. The van der Waals surface area contributed by atoms with Gasteiger partial charge in [0.1, 0.15) is 23.1 Å². The third kappa shape index (κ3) is 5.53. The van der Waals surface area contributed by atoms with Crippen molar-refractivity contribution in [2.45, 2.75) is 47.5 Å². The van der Waals surface area contributed by atoms with Gasteiger partial charge in [-0.3, -0.25) is 0 Å². The molecule has 182 valence electrons. The second-order valence-corrected chi connectivity index (χ2v) is 10.7. The standard InChI is InChI=1S/C27H34N8/c1-18(2)12-21-13-19(3)14-22(30-21)31-26-32-23(16-25(33-26)35-10-7-27(4,5)17-35)29-20-6-9-34-11-8-28-24(34)15-20/h6,8-9,11,13-16,18H,7,10,12,17H2,1-5H3,(H2,29,30,31,32,33). The van der Waals surface area contributed by atoms with E-state index in [1.807, 2.05) is 41.1 Å². The molecule has 0 spiro atoms. The Morgan fingerprint density at radius 3 is 2.60 bits per heavy atom. The van der Waals surface area contributed by atoms with Crippen LogP contribution in [0.4, 0.5) is 29.1 Å². The number of hydrogen-bond donors (Lipinski definition) is 2. The highest BCUT2D eigenvalue weighted by molar-refractivity contribution is 5.66. The van der Waals surface area contributed by atoms with Crippen LogP contribution < -0.4 is 15.5 Å². The largest absolute Gasteiger partial charge is 0.356 e. The molecule has 1 saturated heterocycles. The van der Waals surface area contributed by atoms with Crippen LogP contribution in [0.15, 0.2) is 48.9 Å². The molecule has 1 fully saturated rings. The minimum Gasteiger partial charge on any atom is -0.356 e. The van der Waals surface area contributed by atoms with Gasteiger partial charge in [0, 0.05) is 55.2 Å². The van der Waals surface area contributed by atoms with E-state index in [-0.39, 0.29) is 5.41 Å². The number of imidazole rings is 1. The van der Waals surface area contributed by atoms with Crippen LogP contribution in [0.25, 0.3) is 5.65 Å². The molecule has 0 bridgehead atoms. The Hall–Kier alpha value is -3.68. The number of nitrogens with zero attached hydrogens (tertiary/aromatic N) is 6. The molecule has 0 radical (unpaired) electrons. The Balaban J connectivity index is 1.47. The average Bonchev–Trinajstić information content (AvgIpc) is 3.38. The quantitative estimate of drug-likeness (QED) is 0.356. The predicted molar refractivity (Wildman–Crippen MR) is 142 cm³/mol. The van der Waals surface area contributed by atoms with Crippen LogP contribution in [0.1, 0.15) is 45.4 Å². The number of fused-ring (bicyclic) bond motifs is 1. The third-order valence-electron chi connectivity index (χ3n) is 6.26. The molecule has 1 aliphatic heterocycles. The first-order chi connectivity index (χ1) is 16.7. The molecule has 0 atom stereocenters. The highest BCUT2D eigenvalue weighted by Gasteiger charge is 2.30. The number of nitrogens with one attached hydrogen (secondary N) is 2. The van der Waals surface area contributed by atoms with Crippen molar-refractivity contribution in [2.24, 2.45) is 11.3 Å². The lowest BCUT2D eigenvalue weighted by Crippen LogP contribution is -2.24. The molecule has 35 heavy (non-hydrogen) atoms. The van der Waals surface area contributed by atoms with Crippen molar-refractivity contribution < 1.29 is 0 Å². The van der Waals surface area contributed by atoms with Crippen molar-refractivity contribution in [3.8, 4) is 0 Å². The van der Waals surface area contributed by atoms with Gasteiger partial charge in [-0.15, -0.1) is 0 Å². The summed E-state index contributed by atoms with van der Waals surface area (Å²) in [5.74, 6) is 3.48. The molecular formula is C27H34N8. The van der Waals surface area contributed by atoms with Crippen LogP contribution in [0.5, 0.6) is 0 Å². The number of rotatable bonds is 7. The molecule has 5 rings (SSSR count). The summed E-state index contributed by atoms with van der Waals surface area (Å²) < 4.78 is 1.98. The van der Waals surface area contributed by atoms with Gasteiger partial charge in [-0.2, -0.15) is 9.97 Å². The molecule has 5 heterocycles. The molecule has 0 amide bonds. The molecule has 0 aliphatic carbocycles. The topological polar surface area (TPSA) is 83.3 Å². The normalized spacial score (nSPS) is 15.2. The zero-order valence-electron chi connectivity index (χ0n) is 21.2. The fraction of sp³-hybridized carbons (Fsp3) is 0.407. The Morgan fingerprint density at radius 2 is 1.83 bits per heavy atom. The van der Waals surface area contributed by atoms with Gasteiger partial charge in [0.2, 0.25) is 5.95 Å². The molecule has 4 aromatic rings. The Morgan fingerprint density at radius 1 is 1.00 bits per heavy atom. The van der Waals surface area contributed by atoms with Gasteiger partial charge in [0.25, 0.3) is 0 Å². The third-order valence-corrected chi connectivity index (χ3v) is 6.26. The first-order valence-electron chi connectivity index (χ1n) is 12.3. The summed E-state index contributed by atoms with van der Waals surface area (Å²) in [6, 6.07) is 10.2. The molecule has 0 saturated carbocycles. The molecule has 0 aromatic carbocycles. The monoisotopic (exact) mass is 470 g/mol. The van der Waals surface area contributed by atoms with Crippen molar-refractivity contribution in [2.75, 3.05) is 28.6 Å². The van der Waals surface area contributed by atoms with E-state index < -0.39 is 0 Å². The van der Waals surface area contributed by atoms with Crippen LogP contribution >= 0.6 is 0 Å². The second kappa shape index (κ2) is 9.17. The van der Waals surface area contributed by atoms with Gasteiger partial charge in [0.05, 0.1) is 0 Å². The van der Waals surface area contributed by atoms with Crippen LogP contribution in [0.3, 0.4) is 0 Å². The zero-order valence-corrected chi connectivity index (χ0v) is 21.2. The minimum atomic E-state index is 0.266. The summed E-state index contributed by atoms with van der Waals surface area (Å²) in [7, 11) is 0. The van der Waals surface area contributed by atoms with Crippen molar-refractivity contribution in [1.82, 2.24) is 24.3 Å². The van der Waals surface area contributed by atoms with Gasteiger partial charge >= 0.3 is 0 Å². The Bertz CT molecular complexity index is 1340. The average molecular weight is 471 g/mol. The van der Waals surface area contributed by atoms with Crippen molar-refractivity contribution in [3.05, 3.63) is 60.2 Å². The summed E-state index contributed by atoms with van der Waals surface area (Å²) in [5, 5.41) is 6.83. The van der Waals surface area contributed by atoms with E-state index in [0.717, 1.165) is 60.4 Å². The van der Waals surface area contributed by atoms with Crippen LogP contribution in [0, 0.1) is 18.3 Å². The summed E-state index contributed by atoms with van der Waals surface area (Å²) in [4.78, 5) is 21.2. The number of aromatic nitrogens is 5. The maximum Gasteiger partial charge on any atom is 0.232 e. The first-order valence-corrected chi connectivity index (χ1v) is 12.3. The fourth-order valence-electron chi connectivity index (χ4n) is 4.60. The lowest BCUT2D eigenvalue weighted by Gasteiger charge is -2.22. The predicted octanol–water partition coefficient (Wildman–Crippen LogP) is 5.75. The molecular weight excluding hydrogens is 436 g/mol. The maximum atomic E-state index is 4.89. The van der Waals surface area contributed by atoms with Crippen molar-refractivity contribution >= 4 is 34.7 Å². The summed E-state index contributed by atoms with van der Waals surface area (Å²) in [5.41, 5.74) is 4.31. The van der Waals surface area contributed by atoms with E-state index in [0.29, 0.717) is 11.9 Å². The van der Waals surface area contributed by atoms with Crippen molar-refractivity contribution in [1.29, 1.82) is 0 Å². The molecule has 4 aromatic heterocycles. The van der Waals surface area contributed by atoms with Crippen LogP contribution in [-0.2, 0) is 6.42 Å². The molecule has 1 aliphatic rings. The maximum absolute atomic E-state index is 4.89. The SMILES string of the molecule is Cc1cc(CC(C)C)nc(Nc2nc(Nc3ccn4ccnc4c3)cc(N3CCC(C)(C)C3)n2)c1. The minimum absolute atomic E-state index is 0.266. The Kier molecular flexibility index (Phi) is 6.05. The van der Waals surface area contributed by atoms with Crippen molar-refractivity contribution in [3.63, 3.8) is 0 Å². The lowest BCUT2D eigenvalue weighted by molar-refractivity contribution is 0.418. The molecule has 0 unspecified atom stereocenters. The van der Waals surface area contributed by atoms with E-state index in [9.17, 15) is 0 Å². The summed E-state index contributed by atoms with van der Waals surface area (Å²) in [6.07, 6.45) is 7.78. The highest BCUT2D eigenvalue weighted by atomic mass is 15.3. The number of hydrogen-bond acceptors (Lipinski definition) is 7. The first kappa shape index (κ1) is 23.1. The zero-order chi connectivity index (χ0) is 24.6. The number of anilines is 5. The van der Waals surface area contributed by atoms with E-state index in [1.165, 1.54) is 5.56 Å². The van der Waals surface area contributed by atoms with Gasteiger partial charge in [-0.1, -0.05) is 27.7 Å². The van der Waals surface area contributed by atoms with E-state index in [2.05, 4.69) is 61.2 Å². The summed E-state index contributed by atoms with van der Waals surface area (Å²) in [6.45, 7) is 13.1. The van der Waals surface area contributed by atoms with E-state index >= 15 is 0 Å². The Labute approximate surface area is 206 Å². The smallest absolute Gasteiger partial charge is 0.232 e. The highest BCUT2D eigenvalue weighted by Crippen LogP contribution is 2.33. The van der Waals surface area contributed by atoms with E-state index in [4.69, 9.17) is 15.0 Å². The van der Waals surface area contributed by atoms with E-state index in [1.54, 1.807) is 6.20 Å². The number of pyridine rings is 2. The van der Waals surface area contributed by atoms with Crippen LogP contribution in [-0.4, -0.2) is 37.4 Å².